The summed E-state index contributed by atoms with van der Waals surface area (Å²) in [6, 6.07) is 8.43. The summed E-state index contributed by atoms with van der Waals surface area (Å²) in [5, 5.41) is 9.10. The Kier molecular flexibility index (Phi) is 5.35. The highest BCUT2D eigenvalue weighted by atomic mass is 16.2. The molecule has 3 rings (SSSR count). The number of hydrogen-bond donors (Lipinski definition) is 3. The van der Waals surface area contributed by atoms with Crippen LogP contribution < -0.4 is 16.0 Å². The normalized spacial score (nSPS) is 23.3. The van der Waals surface area contributed by atoms with E-state index in [1.165, 1.54) is 11.1 Å². The first-order chi connectivity index (χ1) is 11.6. The number of carbonyl (C=O) groups excluding carboxylic acids is 2. The number of urea groups is 1. The molecule has 3 amide bonds. The predicted molar refractivity (Wildman–Crippen MR) is 92.6 cm³/mol. The molecule has 1 aromatic carbocycles. The number of nitrogens with zero attached hydrogens (tertiary/aromatic N) is 1. The van der Waals surface area contributed by atoms with E-state index in [4.69, 9.17) is 0 Å². The smallest absolute Gasteiger partial charge is 0.318 e. The zero-order valence-electron chi connectivity index (χ0n) is 14.2. The van der Waals surface area contributed by atoms with Gasteiger partial charge in [-0.05, 0) is 43.9 Å². The average molecular weight is 330 g/mol. The highest BCUT2D eigenvalue weighted by Gasteiger charge is 2.24. The van der Waals surface area contributed by atoms with Gasteiger partial charge in [-0.15, -0.1) is 0 Å². The highest BCUT2D eigenvalue weighted by molar-refractivity contribution is 5.84. The quantitative estimate of drug-likeness (QED) is 0.774. The van der Waals surface area contributed by atoms with Crippen LogP contribution in [-0.4, -0.2) is 48.6 Å². The van der Waals surface area contributed by atoms with Crippen molar-refractivity contribution in [2.75, 3.05) is 19.6 Å². The summed E-state index contributed by atoms with van der Waals surface area (Å²) in [7, 11) is 0. The molecular weight excluding hydrogens is 304 g/mol. The summed E-state index contributed by atoms with van der Waals surface area (Å²) in [4.78, 5) is 26.1. The van der Waals surface area contributed by atoms with Gasteiger partial charge in [-0.3, -0.25) is 4.79 Å². The number of rotatable bonds is 3. The van der Waals surface area contributed by atoms with Gasteiger partial charge < -0.3 is 20.9 Å². The van der Waals surface area contributed by atoms with Gasteiger partial charge in [0.05, 0.1) is 6.54 Å². The van der Waals surface area contributed by atoms with Gasteiger partial charge in [0.2, 0.25) is 5.91 Å². The van der Waals surface area contributed by atoms with Crippen molar-refractivity contribution in [3.8, 4) is 0 Å². The molecule has 2 atom stereocenters. The maximum Gasteiger partial charge on any atom is 0.318 e. The predicted octanol–water partition coefficient (Wildman–Crippen LogP) is 1.01. The van der Waals surface area contributed by atoms with Crippen molar-refractivity contribution in [1.82, 2.24) is 20.9 Å². The van der Waals surface area contributed by atoms with E-state index >= 15 is 0 Å². The van der Waals surface area contributed by atoms with Crippen molar-refractivity contribution < 1.29 is 9.59 Å². The SMILES string of the molecule is CC1NCCCC1NC(=O)CNC(=O)N1CCc2ccccc2C1. The molecule has 1 saturated heterocycles. The summed E-state index contributed by atoms with van der Waals surface area (Å²) in [6.45, 7) is 4.40. The standard InChI is InChI=1S/C18H26N4O2/c1-13-16(7-4-9-19-13)21-17(23)11-20-18(24)22-10-8-14-5-2-3-6-15(14)12-22/h2-3,5-6,13,16,19H,4,7-12H2,1H3,(H,20,24)(H,21,23). The van der Waals surface area contributed by atoms with Crippen LogP contribution in [0.2, 0.25) is 0 Å². The summed E-state index contributed by atoms with van der Waals surface area (Å²) >= 11 is 0. The molecule has 1 fully saturated rings. The minimum atomic E-state index is -0.172. The van der Waals surface area contributed by atoms with Crippen LogP contribution in [0.25, 0.3) is 0 Å². The van der Waals surface area contributed by atoms with E-state index in [0.717, 1.165) is 25.8 Å². The third-order valence-electron chi connectivity index (χ3n) is 4.93. The molecule has 6 heteroatoms. The Morgan fingerprint density at radius 3 is 2.88 bits per heavy atom. The maximum atomic E-state index is 12.3. The van der Waals surface area contributed by atoms with Crippen LogP contribution >= 0.6 is 0 Å². The Balaban J connectivity index is 1.45. The molecule has 2 heterocycles. The van der Waals surface area contributed by atoms with E-state index in [1.54, 1.807) is 4.90 Å². The number of amides is 3. The fraction of sp³-hybridized carbons (Fsp3) is 0.556. The molecule has 0 radical (unpaired) electrons. The molecule has 0 spiro atoms. The summed E-state index contributed by atoms with van der Waals surface area (Å²) in [5.41, 5.74) is 2.49. The van der Waals surface area contributed by atoms with E-state index in [-0.39, 0.29) is 30.6 Å². The molecule has 2 unspecified atom stereocenters. The van der Waals surface area contributed by atoms with E-state index < -0.39 is 0 Å². The molecule has 130 valence electrons. The molecule has 0 aromatic heterocycles. The van der Waals surface area contributed by atoms with Crippen LogP contribution in [0.1, 0.15) is 30.9 Å². The fourth-order valence-corrected chi connectivity index (χ4v) is 3.44. The van der Waals surface area contributed by atoms with Gasteiger partial charge in [-0.25, -0.2) is 4.79 Å². The molecule has 2 aliphatic heterocycles. The first-order valence-electron chi connectivity index (χ1n) is 8.76. The zero-order chi connectivity index (χ0) is 16.9. The fourth-order valence-electron chi connectivity index (χ4n) is 3.44. The van der Waals surface area contributed by atoms with Crippen LogP contribution in [-0.2, 0) is 17.8 Å². The van der Waals surface area contributed by atoms with Crippen LogP contribution in [0.15, 0.2) is 24.3 Å². The van der Waals surface area contributed by atoms with Gasteiger partial charge in [0, 0.05) is 25.2 Å². The Morgan fingerprint density at radius 2 is 2.08 bits per heavy atom. The second-order valence-corrected chi connectivity index (χ2v) is 6.66. The Bertz CT molecular complexity index is 604. The zero-order valence-corrected chi connectivity index (χ0v) is 14.2. The summed E-state index contributed by atoms with van der Waals surface area (Å²) in [5.74, 6) is -0.124. The number of nitrogens with one attached hydrogen (secondary N) is 3. The first kappa shape index (κ1) is 16.8. The molecule has 3 N–H and O–H groups in total. The van der Waals surface area contributed by atoms with Crippen LogP contribution in [0.4, 0.5) is 4.79 Å². The summed E-state index contributed by atoms with van der Waals surface area (Å²) < 4.78 is 0. The molecule has 24 heavy (non-hydrogen) atoms. The largest absolute Gasteiger partial charge is 0.350 e. The van der Waals surface area contributed by atoms with Gasteiger partial charge in [-0.1, -0.05) is 24.3 Å². The Labute approximate surface area is 143 Å². The van der Waals surface area contributed by atoms with Gasteiger partial charge in [-0.2, -0.15) is 0 Å². The second-order valence-electron chi connectivity index (χ2n) is 6.66. The van der Waals surface area contributed by atoms with Crippen LogP contribution in [0.3, 0.4) is 0 Å². The van der Waals surface area contributed by atoms with Crippen molar-refractivity contribution in [2.24, 2.45) is 0 Å². The molecule has 2 aliphatic rings. The second kappa shape index (κ2) is 7.66. The highest BCUT2D eigenvalue weighted by Crippen LogP contribution is 2.18. The lowest BCUT2D eigenvalue weighted by Gasteiger charge is -2.31. The third kappa shape index (κ3) is 4.06. The minimum absolute atomic E-state index is 0.0280. The Morgan fingerprint density at radius 1 is 1.29 bits per heavy atom. The average Bonchev–Trinajstić information content (AvgIpc) is 2.61. The van der Waals surface area contributed by atoms with E-state index in [0.29, 0.717) is 13.1 Å². The summed E-state index contributed by atoms with van der Waals surface area (Å²) in [6.07, 6.45) is 2.91. The lowest BCUT2D eigenvalue weighted by atomic mass is 10.00. The maximum absolute atomic E-state index is 12.3. The first-order valence-corrected chi connectivity index (χ1v) is 8.76. The molecule has 0 aliphatic carbocycles. The van der Waals surface area contributed by atoms with Gasteiger partial charge in [0.15, 0.2) is 0 Å². The number of piperidine rings is 1. The van der Waals surface area contributed by atoms with Crippen LogP contribution in [0, 0.1) is 0 Å². The van der Waals surface area contributed by atoms with Gasteiger partial charge in [0.25, 0.3) is 0 Å². The molecule has 0 bridgehead atoms. The molecule has 1 aromatic rings. The number of carbonyl (C=O) groups is 2. The van der Waals surface area contributed by atoms with E-state index in [2.05, 4.69) is 35.0 Å². The number of hydrogen-bond acceptors (Lipinski definition) is 3. The topological polar surface area (TPSA) is 73.5 Å². The third-order valence-corrected chi connectivity index (χ3v) is 4.93. The lowest BCUT2D eigenvalue weighted by Crippen LogP contribution is -2.54. The van der Waals surface area contributed by atoms with Crippen molar-refractivity contribution in [2.45, 2.75) is 44.8 Å². The number of fused-ring (bicyclic) bond motifs is 1. The van der Waals surface area contributed by atoms with E-state index in [1.807, 2.05) is 12.1 Å². The van der Waals surface area contributed by atoms with E-state index in [9.17, 15) is 9.59 Å². The van der Waals surface area contributed by atoms with Crippen LogP contribution in [0.5, 0.6) is 0 Å². The van der Waals surface area contributed by atoms with Gasteiger partial charge in [0.1, 0.15) is 0 Å². The number of benzene rings is 1. The Hall–Kier alpha value is -2.08. The molecule has 0 saturated carbocycles. The monoisotopic (exact) mass is 330 g/mol. The van der Waals surface area contributed by atoms with Crippen molar-refractivity contribution >= 4 is 11.9 Å². The van der Waals surface area contributed by atoms with Crippen molar-refractivity contribution in [1.29, 1.82) is 0 Å². The van der Waals surface area contributed by atoms with Crippen molar-refractivity contribution in [3.05, 3.63) is 35.4 Å². The lowest BCUT2D eigenvalue weighted by molar-refractivity contribution is -0.121. The van der Waals surface area contributed by atoms with Crippen molar-refractivity contribution in [3.63, 3.8) is 0 Å². The molecule has 6 nitrogen and oxygen atoms in total. The van der Waals surface area contributed by atoms with Gasteiger partial charge >= 0.3 is 6.03 Å². The minimum Gasteiger partial charge on any atom is -0.350 e. The molecular formula is C18H26N4O2.